The predicted molar refractivity (Wildman–Crippen MR) is 92.4 cm³/mol. The van der Waals surface area contributed by atoms with Gasteiger partial charge in [-0.3, -0.25) is 9.48 Å². The van der Waals surface area contributed by atoms with E-state index in [1.807, 2.05) is 30.3 Å². The minimum absolute atomic E-state index is 0.226. The van der Waals surface area contributed by atoms with E-state index < -0.39 is 11.9 Å². The Hall–Kier alpha value is -2.57. The number of nitrogens with zero attached hydrogens (tertiary/aromatic N) is 2. The molecule has 0 fully saturated rings. The van der Waals surface area contributed by atoms with Crippen molar-refractivity contribution in [2.24, 2.45) is 0 Å². The van der Waals surface area contributed by atoms with Crippen LogP contribution in [0.3, 0.4) is 0 Å². The number of fused-ring (bicyclic) bond motifs is 1. The van der Waals surface area contributed by atoms with Crippen molar-refractivity contribution in [3.8, 4) is 0 Å². The van der Waals surface area contributed by atoms with Gasteiger partial charge in [0.2, 0.25) is 5.91 Å². The van der Waals surface area contributed by atoms with Crippen LogP contribution in [0.4, 0.5) is 13.2 Å². The molecular weight excluding hydrogens is 343 g/mol. The maximum atomic E-state index is 13.1. The smallest absolute Gasteiger partial charge is 0.351 e. The van der Waals surface area contributed by atoms with Gasteiger partial charge in [0, 0.05) is 23.9 Å². The van der Waals surface area contributed by atoms with Gasteiger partial charge in [-0.05, 0) is 37.3 Å². The van der Waals surface area contributed by atoms with Gasteiger partial charge in [-0.1, -0.05) is 30.3 Å². The highest BCUT2D eigenvalue weighted by Gasteiger charge is 2.39. The fourth-order valence-corrected chi connectivity index (χ4v) is 3.16. The summed E-state index contributed by atoms with van der Waals surface area (Å²) in [6.07, 6.45) is 1.29. The second-order valence-electron chi connectivity index (χ2n) is 6.24. The summed E-state index contributed by atoms with van der Waals surface area (Å²) in [6, 6.07) is 9.38. The average Bonchev–Trinajstić information content (AvgIpc) is 3.00. The second kappa shape index (κ2) is 7.76. The average molecular weight is 363 g/mol. The molecule has 0 spiro atoms. The highest BCUT2D eigenvalue weighted by Crippen LogP contribution is 2.35. The summed E-state index contributed by atoms with van der Waals surface area (Å²) >= 11 is 0. The number of hydrogen-bond acceptors (Lipinski definition) is 2. The molecule has 1 aromatic carbocycles. The molecule has 1 aliphatic rings. The zero-order valence-electron chi connectivity index (χ0n) is 14.2. The van der Waals surface area contributed by atoms with E-state index in [2.05, 4.69) is 10.4 Å². The normalized spacial score (nSPS) is 14.4. The van der Waals surface area contributed by atoms with Crippen molar-refractivity contribution in [1.29, 1.82) is 0 Å². The summed E-state index contributed by atoms with van der Waals surface area (Å²) in [4.78, 5) is 11.9. The molecule has 1 amide bonds. The van der Waals surface area contributed by atoms with E-state index in [0.29, 0.717) is 24.1 Å². The molecule has 0 atom stereocenters. The maximum Gasteiger partial charge on any atom is 0.435 e. The van der Waals surface area contributed by atoms with Crippen molar-refractivity contribution in [3.05, 3.63) is 58.9 Å². The minimum atomic E-state index is -4.44. The number of carbonyl (C=O) groups is 1. The van der Waals surface area contributed by atoms with Crippen LogP contribution >= 0.6 is 0 Å². The number of aromatic nitrogens is 2. The highest BCUT2D eigenvalue weighted by atomic mass is 19.4. The van der Waals surface area contributed by atoms with Gasteiger partial charge in [-0.25, -0.2) is 0 Å². The van der Waals surface area contributed by atoms with E-state index in [0.717, 1.165) is 18.4 Å². The van der Waals surface area contributed by atoms with Crippen molar-refractivity contribution >= 4 is 12.0 Å². The van der Waals surface area contributed by atoms with Crippen LogP contribution in [-0.4, -0.2) is 22.2 Å². The Morgan fingerprint density at radius 2 is 1.92 bits per heavy atom. The van der Waals surface area contributed by atoms with Gasteiger partial charge in [0.05, 0.1) is 6.54 Å². The first-order valence-electron chi connectivity index (χ1n) is 8.62. The molecule has 1 aliphatic carbocycles. The van der Waals surface area contributed by atoms with Crippen molar-refractivity contribution < 1.29 is 18.0 Å². The lowest BCUT2D eigenvalue weighted by Gasteiger charge is -2.14. The summed E-state index contributed by atoms with van der Waals surface area (Å²) in [5, 5.41) is 6.46. The van der Waals surface area contributed by atoms with Gasteiger partial charge in [0.1, 0.15) is 0 Å². The van der Waals surface area contributed by atoms with E-state index in [-0.39, 0.29) is 19.0 Å². The zero-order valence-corrected chi connectivity index (χ0v) is 14.2. The third-order valence-electron chi connectivity index (χ3n) is 4.37. The third kappa shape index (κ3) is 4.33. The van der Waals surface area contributed by atoms with Gasteiger partial charge in [0.15, 0.2) is 5.69 Å². The standard InChI is InChI=1S/C19H20F3N3O/c20-19(21,22)18-15-8-4-5-9-16(15)25(24-18)13-12-23-17(26)11-10-14-6-2-1-3-7-14/h1-3,6-7,10-11H,4-5,8-9,12-13H2,(H,23,26)/b11-10+. The molecule has 4 nitrogen and oxygen atoms in total. The fourth-order valence-electron chi connectivity index (χ4n) is 3.16. The molecule has 1 N–H and O–H groups in total. The van der Waals surface area contributed by atoms with Crippen LogP contribution in [0.1, 0.15) is 35.4 Å². The second-order valence-corrected chi connectivity index (χ2v) is 6.24. The summed E-state index contributed by atoms with van der Waals surface area (Å²) in [5.41, 5.74) is 1.10. The number of rotatable bonds is 5. The number of benzene rings is 1. The Morgan fingerprint density at radius 1 is 1.19 bits per heavy atom. The van der Waals surface area contributed by atoms with Gasteiger partial charge >= 0.3 is 6.18 Å². The van der Waals surface area contributed by atoms with Crippen molar-refractivity contribution in [2.45, 2.75) is 38.4 Å². The number of alkyl halides is 3. The SMILES string of the molecule is O=C(/C=C/c1ccccc1)NCCn1nc(C(F)(F)F)c2c1CCCC2. The fraction of sp³-hybridized carbons (Fsp3) is 0.368. The maximum absolute atomic E-state index is 13.1. The molecule has 0 saturated carbocycles. The van der Waals surface area contributed by atoms with E-state index in [1.165, 1.54) is 10.8 Å². The van der Waals surface area contributed by atoms with E-state index in [9.17, 15) is 18.0 Å². The van der Waals surface area contributed by atoms with E-state index >= 15 is 0 Å². The Bertz CT molecular complexity index is 794. The Kier molecular flexibility index (Phi) is 5.44. The first kappa shape index (κ1) is 18.2. The number of halogens is 3. The molecule has 0 unspecified atom stereocenters. The van der Waals surface area contributed by atoms with Gasteiger partial charge < -0.3 is 5.32 Å². The Labute approximate surface area is 149 Å². The van der Waals surface area contributed by atoms with Gasteiger partial charge in [-0.15, -0.1) is 0 Å². The molecule has 0 bridgehead atoms. The molecule has 2 aromatic rings. The topological polar surface area (TPSA) is 46.9 Å². The summed E-state index contributed by atoms with van der Waals surface area (Å²) in [7, 11) is 0. The van der Waals surface area contributed by atoms with Crippen LogP contribution in [0, 0.1) is 0 Å². The first-order valence-corrected chi connectivity index (χ1v) is 8.62. The minimum Gasteiger partial charge on any atom is -0.351 e. The van der Waals surface area contributed by atoms with Gasteiger partial charge in [-0.2, -0.15) is 18.3 Å². The van der Waals surface area contributed by atoms with E-state index in [1.54, 1.807) is 6.08 Å². The van der Waals surface area contributed by atoms with Crippen LogP contribution in [-0.2, 0) is 30.4 Å². The molecule has 1 heterocycles. The summed E-state index contributed by atoms with van der Waals surface area (Å²) < 4.78 is 40.8. The number of carbonyl (C=O) groups excluding carboxylic acids is 1. The van der Waals surface area contributed by atoms with Gasteiger partial charge in [0.25, 0.3) is 0 Å². The van der Waals surface area contributed by atoms with Crippen LogP contribution in [0.15, 0.2) is 36.4 Å². The quantitative estimate of drug-likeness (QED) is 0.825. The lowest BCUT2D eigenvalue weighted by molar-refractivity contribution is -0.142. The van der Waals surface area contributed by atoms with Crippen LogP contribution in [0.5, 0.6) is 0 Å². The molecule has 0 radical (unpaired) electrons. The molecule has 26 heavy (non-hydrogen) atoms. The molecule has 138 valence electrons. The first-order chi connectivity index (χ1) is 12.4. The molecular formula is C19H20F3N3O. The van der Waals surface area contributed by atoms with Crippen LogP contribution in [0.25, 0.3) is 6.08 Å². The number of nitrogens with one attached hydrogen (secondary N) is 1. The zero-order chi connectivity index (χ0) is 18.6. The largest absolute Gasteiger partial charge is 0.435 e. The molecule has 3 rings (SSSR count). The molecule has 0 saturated heterocycles. The number of hydrogen-bond donors (Lipinski definition) is 1. The third-order valence-corrected chi connectivity index (χ3v) is 4.37. The summed E-state index contributed by atoms with van der Waals surface area (Å²) in [5.74, 6) is -0.286. The lowest BCUT2D eigenvalue weighted by Crippen LogP contribution is -2.26. The highest BCUT2D eigenvalue weighted by molar-refractivity contribution is 5.91. The van der Waals surface area contributed by atoms with Crippen LogP contribution in [0.2, 0.25) is 0 Å². The Morgan fingerprint density at radius 3 is 2.65 bits per heavy atom. The number of amides is 1. The monoisotopic (exact) mass is 363 g/mol. The van der Waals surface area contributed by atoms with Crippen molar-refractivity contribution in [1.82, 2.24) is 15.1 Å². The molecule has 7 heteroatoms. The Balaban J connectivity index is 1.60. The summed E-state index contributed by atoms with van der Waals surface area (Å²) in [6.45, 7) is 0.451. The van der Waals surface area contributed by atoms with E-state index in [4.69, 9.17) is 0 Å². The predicted octanol–water partition coefficient (Wildman–Crippen LogP) is 3.61. The van der Waals surface area contributed by atoms with Crippen molar-refractivity contribution in [3.63, 3.8) is 0 Å². The van der Waals surface area contributed by atoms with Crippen molar-refractivity contribution in [2.75, 3.05) is 6.54 Å². The molecule has 0 aliphatic heterocycles. The molecule has 1 aromatic heterocycles. The lowest BCUT2D eigenvalue weighted by atomic mass is 9.95. The van der Waals surface area contributed by atoms with Crippen LogP contribution < -0.4 is 5.32 Å².